The number of carbonyl (C=O) groups is 1. The molecule has 3 N–H and O–H groups in total. The van der Waals surface area contributed by atoms with Gasteiger partial charge in [-0.05, 0) is 6.07 Å². The van der Waals surface area contributed by atoms with E-state index in [-0.39, 0.29) is 16.9 Å². The van der Waals surface area contributed by atoms with E-state index in [9.17, 15) is 18.3 Å². The summed E-state index contributed by atoms with van der Waals surface area (Å²) in [4.78, 5) is 21.9. The first kappa shape index (κ1) is 19.5. The molecule has 0 bridgehead atoms. The van der Waals surface area contributed by atoms with E-state index in [0.717, 1.165) is 25.7 Å². The summed E-state index contributed by atoms with van der Waals surface area (Å²) in [6, 6.07) is 1.16. The Morgan fingerprint density at radius 2 is 2.10 bits per heavy atom. The number of nitrogens with one attached hydrogen (secondary N) is 2. The van der Waals surface area contributed by atoms with Gasteiger partial charge in [-0.25, -0.2) is 23.4 Å². The summed E-state index contributed by atoms with van der Waals surface area (Å²) < 4.78 is 46.7. The van der Waals surface area contributed by atoms with Crippen LogP contribution in [0, 0.1) is 5.82 Å². The summed E-state index contributed by atoms with van der Waals surface area (Å²) in [7, 11) is -4.28. The van der Waals surface area contributed by atoms with Gasteiger partial charge < -0.3 is 15.2 Å². The zero-order chi connectivity index (χ0) is 20.6. The molecule has 0 aliphatic carbocycles. The Morgan fingerprint density at radius 3 is 2.79 bits per heavy atom. The molecule has 3 heterocycles. The van der Waals surface area contributed by atoms with Crippen molar-refractivity contribution in [2.75, 3.05) is 55.6 Å². The predicted molar refractivity (Wildman–Crippen MR) is 101 cm³/mol. The average molecular weight is 426 g/mol. The van der Waals surface area contributed by atoms with Crippen molar-refractivity contribution in [1.82, 2.24) is 19.6 Å². The van der Waals surface area contributed by atoms with Crippen molar-refractivity contribution in [3.8, 4) is 5.75 Å². The lowest BCUT2D eigenvalue weighted by molar-refractivity contribution is -0.117. The van der Waals surface area contributed by atoms with Crippen molar-refractivity contribution in [3.05, 3.63) is 18.1 Å². The minimum atomic E-state index is -4.28. The van der Waals surface area contributed by atoms with Crippen LogP contribution in [0.1, 0.15) is 0 Å². The van der Waals surface area contributed by atoms with Crippen molar-refractivity contribution in [2.24, 2.45) is 0 Å². The zero-order valence-corrected chi connectivity index (χ0v) is 16.1. The van der Waals surface area contributed by atoms with Crippen molar-refractivity contribution in [2.45, 2.75) is 0 Å². The number of rotatable bonds is 5. The maximum Gasteiger partial charge on any atom is 0.326 e. The number of aromatic nitrogens is 2. The van der Waals surface area contributed by atoms with Crippen molar-refractivity contribution in [1.29, 1.82) is 0 Å². The van der Waals surface area contributed by atoms with Crippen molar-refractivity contribution < 1.29 is 27.4 Å². The first-order chi connectivity index (χ1) is 13.8. The minimum Gasteiger partial charge on any atom is -0.506 e. The van der Waals surface area contributed by atoms with Gasteiger partial charge in [-0.1, -0.05) is 0 Å². The lowest BCUT2D eigenvalue weighted by atomic mass is 10.2. The third-order valence-electron chi connectivity index (χ3n) is 4.65. The maximum atomic E-state index is 15.1. The molecular formula is C16H19FN6O5S. The number of aromatic hydroxyl groups is 1. The van der Waals surface area contributed by atoms with E-state index in [1.54, 1.807) is 4.72 Å². The number of hydrogen-bond donors (Lipinski definition) is 3. The van der Waals surface area contributed by atoms with Crippen LogP contribution in [0.5, 0.6) is 5.75 Å². The highest BCUT2D eigenvalue weighted by atomic mass is 32.2. The number of phenolic OH excluding ortho intramolecular Hbond substituents is 1. The maximum absolute atomic E-state index is 15.1. The van der Waals surface area contributed by atoms with Crippen molar-refractivity contribution >= 4 is 38.7 Å². The number of anilines is 2. The number of benzene rings is 1. The molecule has 0 radical (unpaired) electrons. The number of ether oxygens (including phenoxy) is 1. The molecule has 2 aliphatic heterocycles. The number of carbonyl (C=O) groups excluding carboxylic acids is 1. The van der Waals surface area contributed by atoms with Crippen LogP contribution in [0.4, 0.5) is 16.0 Å². The van der Waals surface area contributed by atoms with E-state index in [1.165, 1.54) is 6.20 Å². The molecule has 2 aliphatic rings. The standard InChI is InChI=1S/C16H19FN6O5S/c17-13-14-10(7-11(24)15(13)23-9-12(25)21-29(23,26)27)8-19-16(20-14)18-1-2-22-3-5-28-6-4-22/h7-8,24H,1-6,9H2,(H,21,25)(H,18,19,20). The van der Waals surface area contributed by atoms with Gasteiger partial charge in [-0.3, -0.25) is 9.69 Å². The molecule has 2 fully saturated rings. The zero-order valence-electron chi connectivity index (χ0n) is 15.3. The second-order valence-electron chi connectivity index (χ2n) is 6.61. The van der Waals surface area contributed by atoms with E-state index in [0.29, 0.717) is 24.1 Å². The minimum absolute atomic E-state index is 0.166. The van der Waals surface area contributed by atoms with Gasteiger partial charge in [0.2, 0.25) is 5.95 Å². The van der Waals surface area contributed by atoms with Gasteiger partial charge in [0.15, 0.2) is 5.82 Å². The fourth-order valence-corrected chi connectivity index (χ4v) is 4.40. The summed E-state index contributed by atoms with van der Waals surface area (Å²) in [6.07, 6.45) is 1.33. The highest BCUT2D eigenvalue weighted by Crippen LogP contribution is 2.37. The molecule has 0 spiro atoms. The van der Waals surface area contributed by atoms with E-state index >= 15 is 4.39 Å². The average Bonchev–Trinajstić information content (AvgIpc) is 2.95. The molecule has 1 amide bonds. The first-order valence-corrected chi connectivity index (χ1v) is 10.3. The van der Waals surface area contributed by atoms with E-state index in [1.807, 2.05) is 0 Å². The number of nitrogens with zero attached hydrogens (tertiary/aromatic N) is 4. The summed E-state index contributed by atoms with van der Waals surface area (Å²) >= 11 is 0. The van der Waals surface area contributed by atoms with Gasteiger partial charge in [0, 0.05) is 37.8 Å². The lowest BCUT2D eigenvalue weighted by Gasteiger charge is -2.26. The van der Waals surface area contributed by atoms with Crippen LogP contribution in [0.25, 0.3) is 10.9 Å². The second-order valence-corrected chi connectivity index (χ2v) is 8.20. The summed E-state index contributed by atoms with van der Waals surface area (Å²) in [5, 5.41) is 13.4. The third-order valence-corrected chi connectivity index (χ3v) is 6.03. The van der Waals surface area contributed by atoms with Crippen LogP contribution < -0.4 is 14.3 Å². The summed E-state index contributed by atoms with van der Waals surface area (Å²) in [5.41, 5.74) is -0.801. The Bertz CT molecular complexity index is 1060. The fourth-order valence-electron chi connectivity index (χ4n) is 3.23. The summed E-state index contributed by atoms with van der Waals surface area (Å²) in [6.45, 7) is 3.64. The number of morpholine rings is 1. The van der Waals surface area contributed by atoms with E-state index < -0.39 is 39.9 Å². The van der Waals surface area contributed by atoms with Gasteiger partial charge in [0.1, 0.15) is 23.5 Å². The molecule has 0 saturated carbocycles. The Labute approximate surface area is 165 Å². The molecule has 0 unspecified atom stereocenters. The Hall–Kier alpha value is -2.77. The molecule has 29 heavy (non-hydrogen) atoms. The van der Waals surface area contributed by atoms with Crippen LogP contribution in [-0.4, -0.2) is 80.2 Å². The highest BCUT2D eigenvalue weighted by Gasteiger charge is 2.38. The molecule has 2 aromatic rings. The van der Waals surface area contributed by atoms with Gasteiger partial charge in [0.05, 0.1) is 13.2 Å². The quantitative estimate of drug-likeness (QED) is 0.572. The monoisotopic (exact) mass is 426 g/mol. The van der Waals surface area contributed by atoms with Crippen LogP contribution in [0.2, 0.25) is 0 Å². The predicted octanol–water partition coefficient (Wildman–Crippen LogP) is -0.600. The van der Waals surface area contributed by atoms with Crippen LogP contribution in [0.15, 0.2) is 12.3 Å². The second kappa shape index (κ2) is 7.57. The normalized spacial score (nSPS) is 19.5. The van der Waals surface area contributed by atoms with Gasteiger partial charge in [-0.15, -0.1) is 0 Å². The molecule has 1 aromatic carbocycles. The number of halogens is 1. The number of amides is 1. The lowest BCUT2D eigenvalue weighted by Crippen LogP contribution is -2.39. The smallest absolute Gasteiger partial charge is 0.326 e. The van der Waals surface area contributed by atoms with Crippen LogP contribution in [-0.2, 0) is 19.7 Å². The van der Waals surface area contributed by atoms with E-state index in [2.05, 4.69) is 20.2 Å². The number of hydrogen-bond acceptors (Lipinski definition) is 9. The Morgan fingerprint density at radius 1 is 1.34 bits per heavy atom. The Balaban J connectivity index is 1.59. The van der Waals surface area contributed by atoms with Crippen molar-refractivity contribution in [3.63, 3.8) is 0 Å². The number of phenols is 1. The van der Waals surface area contributed by atoms with Gasteiger partial charge in [-0.2, -0.15) is 8.42 Å². The molecule has 0 atom stereocenters. The molecule has 4 rings (SSSR count). The van der Waals surface area contributed by atoms with Gasteiger partial charge in [0.25, 0.3) is 5.91 Å². The van der Waals surface area contributed by atoms with Crippen LogP contribution >= 0.6 is 0 Å². The molecule has 2 saturated heterocycles. The molecule has 13 heteroatoms. The highest BCUT2D eigenvalue weighted by molar-refractivity contribution is 7.92. The molecule has 11 nitrogen and oxygen atoms in total. The van der Waals surface area contributed by atoms with E-state index in [4.69, 9.17) is 4.74 Å². The molecule has 1 aromatic heterocycles. The first-order valence-electron chi connectivity index (χ1n) is 8.90. The van der Waals surface area contributed by atoms with Crippen LogP contribution in [0.3, 0.4) is 0 Å². The molecule has 156 valence electrons. The molecular weight excluding hydrogens is 407 g/mol. The number of fused-ring (bicyclic) bond motifs is 1. The SMILES string of the molecule is O=C1CN(c2c(O)cc3cnc(NCCN4CCOCC4)nc3c2F)S(=O)(=O)N1. The fraction of sp³-hybridized carbons (Fsp3) is 0.438. The largest absolute Gasteiger partial charge is 0.506 e. The topological polar surface area (TPSA) is 137 Å². The third kappa shape index (κ3) is 3.88. The summed E-state index contributed by atoms with van der Waals surface area (Å²) in [5.74, 6) is -2.35. The van der Waals surface area contributed by atoms with Gasteiger partial charge >= 0.3 is 10.2 Å². The Kier molecular flexibility index (Phi) is 5.10.